The van der Waals surface area contributed by atoms with Crippen LogP contribution in [-0.2, 0) is 12.8 Å². The molecule has 0 unspecified atom stereocenters. The first kappa shape index (κ1) is 12.4. The van der Waals surface area contributed by atoms with Crippen molar-refractivity contribution in [3.8, 4) is 0 Å². The first-order valence-electron chi connectivity index (χ1n) is 4.88. The predicted molar refractivity (Wildman–Crippen MR) is 58.0 cm³/mol. The van der Waals surface area contributed by atoms with Gasteiger partial charge in [-0.2, -0.15) is 13.2 Å². The molecule has 0 aliphatic heterocycles. The lowest BCUT2D eigenvalue weighted by molar-refractivity contribution is -0.137. The molecule has 0 spiro atoms. The number of nitrogens with zero attached hydrogens (tertiary/aromatic N) is 1. The van der Waals surface area contributed by atoms with Crippen molar-refractivity contribution in [1.82, 2.24) is 9.55 Å². The fraction of sp³-hybridized carbons (Fsp3) is 0.200. The fourth-order valence-corrected chi connectivity index (χ4v) is 1.59. The molecule has 1 heterocycles. The lowest BCUT2D eigenvalue weighted by atomic mass is 10.1. The van der Waals surface area contributed by atoms with Gasteiger partial charge < -0.3 is 10.7 Å². The maximum Gasteiger partial charge on any atom is 0.416 e. The van der Waals surface area contributed by atoms with Gasteiger partial charge in [-0.15, -0.1) is 0 Å². The number of nitrogens with one attached hydrogen (secondary N) is 1. The highest BCUT2D eigenvalue weighted by Crippen LogP contribution is 2.30. The van der Waals surface area contributed by atoms with E-state index < -0.39 is 29.7 Å². The van der Waals surface area contributed by atoms with Crippen LogP contribution in [0.1, 0.15) is 5.56 Å². The lowest BCUT2D eigenvalue weighted by Crippen LogP contribution is -2.37. The summed E-state index contributed by atoms with van der Waals surface area (Å²) in [6.45, 7) is -0.402. The van der Waals surface area contributed by atoms with Gasteiger partial charge in [-0.3, -0.25) is 4.79 Å². The van der Waals surface area contributed by atoms with Crippen LogP contribution in [0.4, 0.5) is 13.2 Å². The Balaban J connectivity index is 2.85. The van der Waals surface area contributed by atoms with E-state index in [2.05, 4.69) is 4.98 Å². The normalized spacial score (nSPS) is 12.0. The van der Waals surface area contributed by atoms with E-state index in [-0.39, 0.29) is 10.9 Å². The highest BCUT2D eigenvalue weighted by Gasteiger charge is 2.30. The van der Waals surface area contributed by atoms with E-state index in [1.165, 1.54) is 0 Å². The van der Waals surface area contributed by atoms with Crippen molar-refractivity contribution >= 4 is 10.9 Å². The van der Waals surface area contributed by atoms with Crippen molar-refractivity contribution in [1.29, 1.82) is 0 Å². The molecule has 0 atom stereocenters. The molecule has 1 aromatic carbocycles. The fourth-order valence-electron chi connectivity index (χ4n) is 1.59. The number of aromatic nitrogens is 2. The topological polar surface area (TPSA) is 80.9 Å². The van der Waals surface area contributed by atoms with Crippen LogP contribution in [0.5, 0.6) is 0 Å². The molecule has 96 valence electrons. The maximum atomic E-state index is 12.5. The minimum atomic E-state index is -4.55. The summed E-state index contributed by atoms with van der Waals surface area (Å²) in [5.41, 5.74) is 2.68. The molecule has 2 rings (SSSR count). The maximum absolute atomic E-state index is 12.5. The summed E-state index contributed by atoms with van der Waals surface area (Å²) in [5, 5.41) is -0.227. The molecule has 5 nitrogen and oxygen atoms in total. The van der Waals surface area contributed by atoms with Gasteiger partial charge in [-0.25, -0.2) is 9.36 Å². The second kappa shape index (κ2) is 3.98. The van der Waals surface area contributed by atoms with Crippen LogP contribution in [0, 0.1) is 0 Å². The third-order valence-corrected chi connectivity index (χ3v) is 2.49. The zero-order valence-corrected chi connectivity index (χ0v) is 8.91. The number of hydrogen-bond donors (Lipinski definition) is 2. The number of fused-ring (bicyclic) bond motifs is 1. The largest absolute Gasteiger partial charge is 0.416 e. The second-order valence-corrected chi connectivity index (χ2v) is 3.60. The van der Waals surface area contributed by atoms with Gasteiger partial charge in [-0.1, -0.05) is 0 Å². The first-order chi connectivity index (χ1) is 8.34. The van der Waals surface area contributed by atoms with Crippen molar-refractivity contribution in [2.45, 2.75) is 12.8 Å². The van der Waals surface area contributed by atoms with Crippen molar-refractivity contribution < 1.29 is 13.2 Å². The van der Waals surface area contributed by atoms with Gasteiger partial charge in [0.1, 0.15) is 0 Å². The van der Waals surface area contributed by atoms with Crippen LogP contribution in [-0.4, -0.2) is 9.55 Å². The Morgan fingerprint density at radius 2 is 1.94 bits per heavy atom. The number of alkyl halides is 3. The lowest BCUT2D eigenvalue weighted by Gasteiger charge is -2.08. The van der Waals surface area contributed by atoms with E-state index in [0.29, 0.717) is 10.6 Å². The number of benzene rings is 1. The van der Waals surface area contributed by atoms with Crippen LogP contribution in [0.2, 0.25) is 0 Å². The molecule has 0 aliphatic carbocycles. The molecular formula is C10H8F3N3O2. The molecule has 0 fully saturated rings. The molecule has 0 bridgehead atoms. The summed E-state index contributed by atoms with van der Waals surface area (Å²) >= 11 is 0. The summed E-state index contributed by atoms with van der Waals surface area (Å²) in [5.74, 6) is 0. The van der Waals surface area contributed by atoms with E-state index >= 15 is 0 Å². The van der Waals surface area contributed by atoms with Gasteiger partial charge in [0.25, 0.3) is 5.56 Å². The van der Waals surface area contributed by atoms with Crippen molar-refractivity contribution in [2.75, 3.05) is 0 Å². The SMILES string of the molecule is NCn1c(=O)[nH]c2ccc(C(F)(F)F)cc2c1=O. The zero-order valence-electron chi connectivity index (χ0n) is 8.91. The molecule has 18 heavy (non-hydrogen) atoms. The Morgan fingerprint density at radius 1 is 1.28 bits per heavy atom. The molecule has 0 saturated heterocycles. The van der Waals surface area contributed by atoms with Crippen LogP contribution in [0.15, 0.2) is 27.8 Å². The number of rotatable bonds is 1. The Bertz CT molecular complexity index is 715. The number of H-pyrrole nitrogens is 1. The van der Waals surface area contributed by atoms with Crippen molar-refractivity contribution in [3.63, 3.8) is 0 Å². The average molecular weight is 259 g/mol. The van der Waals surface area contributed by atoms with E-state index in [0.717, 1.165) is 12.1 Å². The molecule has 2 aromatic rings. The minimum absolute atomic E-state index is 0.0442. The Kier molecular flexibility index (Phi) is 2.74. The van der Waals surface area contributed by atoms with Gasteiger partial charge in [0.15, 0.2) is 0 Å². The van der Waals surface area contributed by atoms with Gasteiger partial charge in [-0.05, 0) is 18.2 Å². The van der Waals surface area contributed by atoms with E-state index in [4.69, 9.17) is 5.73 Å². The zero-order chi connectivity index (χ0) is 13.5. The Morgan fingerprint density at radius 3 is 2.50 bits per heavy atom. The smallest absolute Gasteiger partial charge is 0.313 e. The van der Waals surface area contributed by atoms with Crippen LogP contribution >= 0.6 is 0 Å². The number of halogens is 3. The number of nitrogens with two attached hydrogens (primary N) is 1. The van der Waals surface area contributed by atoms with Crippen molar-refractivity contribution in [3.05, 3.63) is 44.6 Å². The van der Waals surface area contributed by atoms with Gasteiger partial charge in [0.2, 0.25) is 0 Å². The quantitative estimate of drug-likeness (QED) is 0.788. The van der Waals surface area contributed by atoms with Gasteiger partial charge in [0, 0.05) is 0 Å². The molecule has 0 amide bonds. The number of hydrogen-bond acceptors (Lipinski definition) is 3. The molecule has 0 saturated carbocycles. The van der Waals surface area contributed by atoms with Crippen LogP contribution in [0.3, 0.4) is 0 Å². The molecular weight excluding hydrogens is 251 g/mol. The predicted octanol–water partition coefficient (Wildman–Crippen LogP) is 0.625. The van der Waals surface area contributed by atoms with Crippen molar-refractivity contribution in [2.24, 2.45) is 5.73 Å². The van der Waals surface area contributed by atoms with Gasteiger partial charge >= 0.3 is 11.9 Å². The van der Waals surface area contributed by atoms with E-state index in [1.807, 2.05) is 0 Å². The second-order valence-electron chi connectivity index (χ2n) is 3.60. The van der Waals surface area contributed by atoms with E-state index in [9.17, 15) is 22.8 Å². The summed E-state index contributed by atoms with van der Waals surface area (Å²) in [7, 11) is 0. The summed E-state index contributed by atoms with van der Waals surface area (Å²) in [6.07, 6.45) is -4.55. The third-order valence-electron chi connectivity index (χ3n) is 2.49. The molecule has 8 heteroatoms. The molecule has 0 radical (unpaired) electrons. The molecule has 1 aromatic heterocycles. The Hall–Kier alpha value is -2.09. The minimum Gasteiger partial charge on any atom is -0.313 e. The number of aromatic amines is 1. The van der Waals surface area contributed by atoms with Crippen LogP contribution < -0.4 is 17.0 Å². The van der Waals surface area contributed by atoms with E-state index in [1.54, 1.807) is 0 Å². The highest BCUT2D eigenvalue weighted by atomic mass is 19.4. The van der Waals surface area contributed by atoms with Gasteiger partial charge in [0.05, 0.1) is 23.1 Å². The van der Waals surface area contributed by atoms with Crippen LogP contribution in [0.25, 0.3) is 10.9 Å². The molecule has 3 N–H and O–H groups in total. The monoisotopic (exact) mass is 259 g/mol. The summed E-state index contributed by atoms with van der Waals surface area (Å²) in [4.78, 5) is 25.4. The Labute approximate surface area is 97.7 Å². The first-order valence-corrected chi connectivity index (χ1v) is 4.88. The average Bonchev–Trinajstić information content (AvgIpc) is 2.27. The molecule has 0 aliphatic rings. The highest BCUT2D eigenvalue weighted by molar-refractivity contribution is 5.78. The third kappa shape index (κ3) is 1.90. The summed E-state index contributed by atoms with van der Waals surface area (Å²) < 4.78 is 38.1. The standard InChI is InChI=1S/C10H8F3N3O2/c11-10(12,13)5-1-2-7-6(3-5)8(17)16(4-14)9(18)15-7/h1-3H,4,14H2,(H,15,18). The summed E-state index contributed by atoms with van der Waals surface area (Å²) in [6, 6.07) is 2.53.